The van der Waals surface area contributed by atoms with Crippen molar-refractivity contribution in [2.75, 3.05) is 0 Å². The largest absolute Gasteiger partial charge is 2.00 e. The molecule has 0 saturated heterocycles. The zero-order valence-electron chi connectivity index (χ0n) is 7.76. The van der Waals surface area contributed by atoms with Gasteiger partial charge in [0.1, 0.15) is 0 Å². The summed E-state index contributed by atoms with van der Waals surface area (Å²) < 4.78 is 0. The zero-order valence-corrected chi connectivity index (χ0v) is 10.6. The minimum atomic E-state index is -1.75. The third-order valence-corrected chi connectivity index (χ3v) is 0. The standard InChI is InChI=1S/2Mg.2NO3.6H2O/c;;2*2-1(3)4;;;;;;/h;;;;6*1H2/q2*+2;2*-1;;;;;;. The molecule has 0 fully saturated rings. The van der Waals surface area contributed by atoms with Crippen LogP contribution in [0.5, 0.6) is 0 Å². The third-order valence-electron chi connectivity index (χ3n) is 0. The molecule has 0 aliphatic rings. The van der Waals surface area contributed by atoms with E-state index < -0.39 is 10.2 Å². The van der Waals surface area contributed by atoms with Gasteiger partial charge in [0.2, 0.25) is 0 Å². The Hall–Kier alpha value is -0.308. The maximum atomic E-state index is 8.25. The van der Waals surface area contributed by atoms with Crippen molar-refractivity contribution >= 4 is 46.1 Å². The second-order valence-corrected chi connectivity index (χ2v) is 0.447. The van der Waals surface area contributed by atoms with E-state index in [0.29, 0.717) is 0 Å². The van der Waals surface area contributed by atoms with Gasteiger partial charge >= 0.3 is 46.1 Å². The first-order valence-electron chi connectivity index (χ1n) is 1.10. The Labute approximate surface area is 120 Å². The van der Waals surface area contributed by atoms with Gasteiger partial charge in [0.05, 0.1) is 10.2 Å². The smallest absolute Gasteiger partial charge is 0.412 e. The predicted molar refractivity (Wildman–Crippen MR) is 53.9 cm³/mol. The molecule has 0 amide bonds. The van der Waals surface area contributed by atoms with Crippen molar-refractivity contribution < 1.29 is 43.0 Å². The van der Waals surface area contributed by atoms with Gasteiger partial charge in [-0.1, -0.05) is 0 Å². The zero-order chi connectivity index (χ0) is 7.15. The molecule has 16 heavy (non-hydrogen) atoms. The first-order valence-corrected chi connectivity index (χ1v) is 1.10. The summed E-state index contributed by atoms with van der Waals surface area (Å²) in [6.45, 7) is 0. The summed E-state index contributed by atoms with van der Waals surface area (Å²) in [5, 5.41) is 29.5. The van der Waals surface area contributed by atoms with E-state index in [-0.39, 0.29) is 79.0 Å². The minimum Gasteiger partial charge on any atom is -0.412 e. The molecular weight excluding hydrogens is 269 g/mol. The fourth-order valence-corrected chi connectivity index (χ4v) is 0. The Morgan fingerprint density at radius 2 is 0.500 bits per heavy atom. The second kappa shape index (κ2) is 85.0. The molecule has 0 radical (unpaired) electrons. The topological polar surface area (TPSA) is 321 Å². The summed E-state index contributed by atoms with van der Waals surface area (Å²) >= 11 is 0. The minimum absolute atomic E-state index is 0. The van der Waals surface area contributed by atoms with Gasteiger partial charge in [-0.3, -0.25) is 0 Å². The van der Waals surface area contributed by atoms with Gasteiger partial charge in [0.15, 0.2) is 0 Å². The molecule has 0 aliphatic heterocycles. The van der Waals surface area contributed by atoms with Crippen LogP contribution in [0.15, 0.2) is 0 Å². The van der Waals surface area contributed by atoms with E-state index in [9.17, 15) is 0 Å². The van der Waals surface area contributed by atoms with E-state index in [2.05, 4.69) is 0 Å². The number of rotatable bonds is 0. The number of hydrogen-bond acceptors (Lipinski definition) is 6. The van der Waals surface area contributed by atoms with Crippen molar-refractivity contribution in [3.8, 4) is 0 Å². The van der Waals surface area contributed by atoms with Crippen LogP contribution in [-0.2, 0) is 0 Å². The van der Waals surface area contributed by atoms with E-state index in [4.69, 9.17) is 30.6 Å². The monoisotopic (exact) mass is 280 g/mol. The van der Waals surface area contributed by atoms with Gasteiger partial charge in [-0.25, -0.2) is 0 Å². The van der Waals surface area contributed by atoms with Crippen molar-refractivity contribution in [3.63, 3.8) is 0 Å². The van der Waals surface area contributed by atoms with Crippen LogP contribution in [0.4, 0.5) is 0 Å². The van der Waals surface area contributed by atoms with Crippen molar-refractivity contribution in [1.82, 2.24) is 0 Å². The van der Waals surface area contributed by atoms with Gasteiger partial charge in [-0.05, 0) is 0 Å². The molecule has 0 aromatic rings. The molecule has 16 heteroatoms. The molecule has 0 unspecified atom stereocenters. The average Bonchev–Trinajstić information content (AvgIpc) is 1.25. The van der Waals surface area contributed by atoms with E-state index in [1.54, 1.807) is 0 Å². The summed E-state index contributed by atoms with van der Waals surface area (Å²) in [6, 6.07) is 0. The van der Waals surface area contributed by atoms with Crippen LogP contribution in [0.25, 0.3) is 0 Å². The Bertz CT molecular complexity index is 75.0. The van der Waals surface area contributed by atoms with Crippen LogP contribution in [0.1, 0.15) is 0 Å². The van der Waals surface area contributed by atoms with E-state index in [0.717, 1.165) is 0 Å². The molecule has 0 rings (SSSR count). The molecule has 0 atom stereocenters. The number of nitrogens with zero attached hydrogens (tertiary/aromatic N) is 2. The van der Waals surface area contributed by atoms with E-state index in [1.807, 2.05) is 0 Å². The first-order chi connectivity index (χ1) is 3.46. The summed E-state index contributed by atoms with van der Waals surface area (Å²) in [4.78, 5) is 16.5. The molecule has 0 saturated carbocycles. The Morgan fingerprint density at radius 1 is 0.500 bits per heavy atom. The fraction of sp³-hybridized carbons (Fsp3) is 0. The molecule has 0 bridgehead atoms. The normalized spacial score (nSPS) is 3.00. The summed E-state index contributed by atoms with van der Waals surface area (Å²) in [7, 11) is 0. The van der Waals surface area contributed by atoms with Gasteiger partial charge in [-0.15, -0.1) is 0 Å². The van der Waals surface area contributed by atoms with Crippen molar-refractivity contribution in [2.24, 2.45) is 0 Å². The molecule has 96 valence electrons. The fourth-order valence-electron chi connectivity index (χ4n) is 0. The third kappa shape index (κ3) is 23300. The molecule has 0 spiro atoms. The van der Waals surface area contributed by atoms with Crippen LogP contribution in [0.3, 0.4) is 0 Å². The molecule has 0 aromatic heterocycles. The Balaban J connectivity index is -0.00000000375. The SMILES string of the molecule is O.O.O.O.O.O.O=[N+]([O-])[O-].O=[N+]([O-])[O-].[Mg+2].[Mg+2]. The molecule has 0 heterocycles. The van der Waals surface area contributed by atoms with Gasteiger partial charge in [0, 0.05) is 0 Å². The van der Waals surface area contributed by atoms with Crippen LogP contribution in [0, 0.1) is 30.6 Å². The van der Waals surface area contributed by atoms with Gasteiger partial charge in [0.25, 0.3) is 0 Å². The first kappa shape index (κ1) is 105. The van der Waals surface area contributed by atoms with Gasteiger partial charge in [-0.2, -0.15) is 0 Å². The average molecular weight is 281 g/mol. The quantitative estimate of drug-likeness (QED) is 0.235. The van der Waals surface area contributed by atoms with Crippen molar-refractivity contribution in [1.29, 1.82) is 0 Å². The maximum Gasteiger partial charge on any atom is 2.00 e. The van der Waals surface area contributed by atoms with Crippen molar-refractivity contribution in [2.45, 2.75) is 0 Å². The van der Waals surface area contributed by atoms with E-state index >= 15 is 0 Å². The molecule has 12 N–H and O–H groups in total. The maximum absolute atomic E-state index is 8.25. The molecule has 14 nitrogen and oxygen atoms in total. The second-order valence-electron chi connectivity index (χ2n) is 0.447. The van der Waals surface area contributed by atoms with Crippen LogP contribution >= 0.6 is 0 Å². The predicted octanol–water partition coefficient (Wildman–Crippen LogP) is -6.19. The van der Waals surface area contributed by atoms with Crippen LogP contribution in [0.2, 0.25) is 0 Å². The summed E-state index contributed by atoms with van der Waals surface area (Å²) in [5.41, 5.74) is 0. The van der Waals surface area contributed by atoms with Crippen molar-refractivity contribution in [3.05, 3.63) is 30.6 Å². The molecular formula is H12Mg2N2O12+2. The molecule has 0 aliphatic carbocycles. The van der Waals surface area contributed by atoms with E-state index in [1.165, 1.54) is 0 Å². The molecule has 0 aromatic carbocycles. The van der Waals surface area contributed by atoms with Crippen LogP contribution < -0.4 is 0 Å². The summed E-state index contributed by atoms with van der Waals surface area (Å²) in [6.07, 6.45) is 0. The Morgan fingerprint density at radius 3 is 0.500 bits per heavy atom. The number of hydrogen-bond donors (Lipinski definition) is 0. The Kier molecular flexibility index (Phi) is 555. The van der Waals surface area contributed by atoms with Gasteiger partial charge < -0.3 is 63.5 Å². The summed E-state index contributed by atoms with van der Waals surface area (Å²) in [5.74, 6) is 0. The van der Waals surface area contributed by atoms with Crippen LogP contribution in [-0.4, -0.2) is 89.1 Å².